The van der Waals surface area contributed by atoms with E-state index in [4.69, 9.17) is 11.6 Å². The van der Waals surface area contributed by atoms with E-state index in [2.05, 4.69) is 43.1 Å². The quantitative estimate of drug-likeness (QED) is 0.303. The second-order valence-electron chi connectivity index (χ2n) is 8.26. The molecule has 1 aliphatic heterocycles. The molecule has 0 atom stereocenters. The highest BCUT2D eigenvalue weighted by Gasteiger charge is 2.16. The highest BCUT2D eigenvalue weighted by Crippen LogP contribution is 2.30. The van der Waals surface area contributed by atoms with Crippen molar-refractivity contribution in [2.45, 2.75) is 12.8 Å². The van der Waals surface area contributed by atoms with Gasteiger partial charge >= 0.3 is 0 Å². The number of carbonyl (C=O) groups is 1. The number of halogens is 1. The molecule has 0 unspecified atom stereocenters. The van der Waals surface area contributed by atoms with E-state index in [1.54, 1.807) is 16.9 Å². The fraction of sp³-hybridized carbons (Fsp3) is 0.0769. The number of rotatable bonds is 2. The lowest BCUT2D eigenvalue weighted by molar-refractivity contribution is 0.102. The van der Waals surface area contributed by atoms with Crippen molar-refractivity contribution in [2.75, 3.05) is 16.0 Å². The van der Waals surface area contributed by atoms with Gasteiger partial charge < -0.3 is 16.0 Å². The zero-order chi connectivity index (χ0) is 23.8. The maximum Gasteiger partial charge on any atom is 0.259 e. The summed E-state index contributed by atoms with van der Waals surface area (Å²) in [6, 6.07) is 19.6. The lowest BCUT2D eigenvalue weighted by Crippen LogP contribution is -2.13. The van der Waals surface area contributed by atoms with E-state index in [0.29, 0.717) is 22.4 Å². The van der Waals surface area contributed by atoms with Crippen LogP contribution in [0.1, 0.15) is 21.5 Å². The fourth-order valence-corrected chi connectivity index (χ4v) is 4.30. The molecule has 0 saturated heterocycles. The van der Waals surface area contributed by atoms with E-state index < -0.39 is 0 Å². The molecule has 0 radical (unpaired) electrons. The highest BCUT2D eigenvalue weighted by atomic mass is 35.5. The third-order valence-electron chi connectivity index (χ3n) is 5.90. The van der Waals surface area contributed by atoms with E-state index in [-0.39, 0.29) is 5.91 Å². The summed E-state index contributed by atoms with van der Waals surface area (Å²) in [6.45, 7) is 0. The SMILES string of the molecule is O=C(Nc1ccc2cc1CCc1cccc(c1)Nc1ncc(Cl)c(n1)N2)c1cnn2ccccc12. The number of anilines is 5. The van der Waals surface area contributed by atoms with Gasteiger partial charge in [-0.15, -0.1) is 0 Å². The van der Waals surface area contributed by atoms with E-state index in [1.807, 2.05) is 54.7 Å². The minimum atomic E-state index is -0.208. The van der Waals surface area contributed by atoms with Crippen molar-refractivity contribution in [3.63, 3.8) is 0 Å². The molecule has 1 aliphatic rings. The highest BCUT2D eigenvalue weighted by molar-refractivity contribution is 6.32. The third-order valence-corrected chi connectivity index (χ3v) is 6.17. The first kappa shape index (κ1) is 21.1. The van der Waals surface area contributed by atoms with Crippen LogP contribution in [0.4, 0.5) is 28.8 Å². The fourth-order valence-electron chi connectivity index (χ4n) is 4.16. The third kappa shape index (κ3) is 4.27. The van der Waals surface area contributed by atoms with Crippen LogP contribution in [0.3, 0.4) is 0 Å². The van der Waals surface area contributed by atoms with Gasteiger partial charge in [-0.05, 0) is 66.4 Å². The summed E-state index contributed by atoms with van der Waals surface area (Å²) in [7, 11) is 0. The molecule has 6 bridgehead atoms. The first-order chi connectivity index (χ1) is 17.1. The van der Waals surface area contributed by atoms with Crippen molar-refractivity contribution >= 4 is 51.9 Å². The Balaban J connectivity index is 1.38. The first-order valence-electron chi connectivity index (χ1n) is 11.1. The van der Waals surface area contributed by atoms with Gasteiger partial charge in [-0.3, -0.25) is 4.79 Å². The number of carbonyl (C=O) groups excluding carboxylic acids is 1. The summed E-state index contributed by atoms with van der Waals surface area (Å²) in [5, 5.41) is 14.3. The second-order valence-corrected chi connectivity index (χ2v) is 8.66. The molecule has 1 amide bonds. The van der Waals surface area contributed by atoms with E-state index in [9.17, 15) is 4.79 Å². The molecule has 0 spiro atoms. The molecule has 4 heterocycles. The molecular formula is C26H20ClN7O. The molecule has 0 aliphatic carbocycles. The predicted molar refractivity (Wildman–Crippen MR) is 137 cm³/mol. The van der Waals surface area contributed by atoms with Crippen LogP contribution in [0.5, 0.6) is 0 Å². The maximum absolute atomic E-state index is 13.2. The minimum absolute atomic E-state index is 0.208. The largest absolute Gasteiger partial charge is 0.339 e. The monoisotopic (exact) mass is 481 g/mol. The van der Waals surface area contributed by atoms with Crippen LogP contribution in [-0.4, -0.2) is 25.5 Å². The summed E-state index contributed by atoms with van der Waals surface area (Å²) < 4.78 is 1.69. The number of amides is 1. The zero-order valence-corrected chi connectivity index (χ0v) is 19.3. The Hall–Kier alpha value is -4.43. The summed E-state index contributed by atoms with van der Waals surface area (Å²) in [5.74, 6) is 0.736. The molecule has 0 fully saturated rings. The Labute approximate surface area is 206 Å². The molecule has 8 nitrogen and oxygen atoms in total. The van der Waals surface area contributed by atoms with Crippen LogP contribution >= 0.6 is 11.6 Å². The Morgan fingerprint density at radius 1 is 0.971 bits per heavy atom. The zero-order valence-electron chi connectivity index (χ0n) is 18.5. The number of hydrogen-bond acceptors (Lipinski definition) is 6. The Bertz CT molecular complexity index is 1580. The van der Waals surface area contributed by atoms with E-state index in [1.165, 1.54) is 0 Å². The van der Waals surface area contributed by atoms with Gasteiger partial charge in [0.05, 0.1) is 23.5 Å². The smallest absolute Gasteiger partial charge is 0.259 e. The number of nitrogens with zero attached hydrogens (tertiary/aromatic N) is 4. The van der Waals surface area contributed by atoms with Gasteiger partial charge in [-0.2, -0.15) is 10.1 Å². The van der Waals surface area contributed by atoms with Crippen LogP contribution < -0.4 is 16.0 Å². The summed E-state index contributed by atoms with van der Waals surface area (Å²) in [6.07, 6.45) is 6.48. The normalized spacial score (nSPS) is 12.5. The van der Waals surface area contributed by atoms with Crippen LogP contribution in [0.15, 0.2) is 79.3 Å². The molecule has 2 aromatic carbocycles. The average Bonchev–Trinajstić information content (AvgIpc) is 3.30. The molecular weight excluding hydrogens is 462 g/mol. The molecule has 0 saturated carbocycles. The van der Waals surface area contributed by atoms with Gasteiger partial charge in [0.2, 0.25) is 5.95 Å². The van der Waals surface area contributed by atoms with Crippen LogP contribution in [-0.2, 0) is 12.8 Å². The van der Waals surface area contributed by atoms with Crippen LogP contribution in [0.25, 0.3) is 5.52 Å². The number of nitrogens with one attached hydrogen (secondary N) is 3. The first-order valence-corrected chi connectivity index (χ1v) is 11.5. The molecule has 6 rings (SSSR count). The van der Waals surface area contributed by atoms with Crippen molar-refractivity contribution in [3.8, 4) is 0 Å². The average molecular weight is 482 g/mol. The van der Waals surface area contributed by atoms with Gasteiger partial charge in [0.15, 0.2) is 5.82 Å². The van der Waals surface area contributed by atoms with Gasteiger partial charge in [-0.1, -0.05) is 29.8 Å². The number of hydrogen-bond donors (Lipinski definition) is 3. The lowest BCUT2D eigenvalue weighted by Gasteiger charge is -2.14. The molecule has 3 N–H and O–H groups in total. The van der Waals surface area contributed by atoms with Gasteiger partial charge in [0.1, 0.15) is 5.02 Å². The Morgan fingerprint density at radius 2 is 1.89 bits per heavy atom. The molecule has 35 heavy (non-hydrogen) atoms. The molecule has 9 heteroatoms. The minimum Gasteiger partial charge on any atom is -0.339 e. The van der Waals surface area contributed by atoms with Gasteiger partial charge in [0, 0.05) is 23.3 Å². The molecule has 5 aromatic rings. The Kier molecular flexibility index (Phi) is 5.27. The van der Waals surface area contributed by atoms with Crippen molar-refractivity contribution in [3.05, 3.63) is 101 Å². The number of benzene rings is 2. The van der Waals surface area contributed by atoms with Crippen molar-refractivity contribution in [2.24, 2.45) is 0 Å². The second kappa shape index (κ2) is 8.73. The number of fused-ring (bicyclic) bond motifs is 7. The molecule has 172 valence electrons. The Morgan fingerprint density at radius 3 is 2.83 bits per heavy atom. The maximum atomic E-state index is 13.2. The molecule has 3 aromatic heterocycles. The van der Waals surface area contributed by atoms with E-state index in [0.717, 1.165) is 46.5 Å². The van der Waals surface area contributed by atoms with Gasteiger partial charge in [-0.25, -0.2) is 9.50 Å². The van der Waals surface area contributed by atoms with Crippen LogP contribution in [0, 0.1) is 0 Å². The lowest BCUT2D eigenvalue weighted by atomic mass is 10.0. The number of pyridine rings is 1. The predicted octanol–water partition coefficient (Wildman–Crippen LogP) is 5.62. The van der Waals surface area contributed by atoms with Crippen molar-refractivity contribution in [1.82, 2.24) is 19.6 Å². The summed E-state index contributed by atoms with van der Waals surface area (Å²) in [4.78, 5) is 22.0. The number of aromatic nitrogens is 4. The van der Waals surface area contributed by atoms with Crippen molar-refractivity contribution in [1.29, 1.82) is 0 Å². The number of aryl methyl sites for hydroxylation is 2. The summed E-state index contributed by atoms with van der Waals surface area (Å²) in [5.41, 5.74) is 5.86. The van der Waals surface area contributed by atoms with Gasteiger partial charge in [0.25, 0.3) is 5.91 Å². The topological polar surface area (TPSA) is 96.2 Å². The van der Waals surface area contributed by atoms with Crippen LogP contribution in [0.2, 0.25) is 5.02 Å². The summed E-state index contributed by atoms with van der Waals surface area (Å²) >= 11 is 6.36. The van der Waals surface area contributed by atoms with E-state index >= 15 is 0 Å². The van der Waals surface area contributed by atoms with Crippen molar-refractivity contribution < 1.29 is 4.79 Å². The standard InChI is InChI=1S/C26H20ClN7O/c27-21-15-28-26-31-18-5-3-4-16(12-18)7-8-17-13-19(30-24(21)33-26)9-10-22(17)32-25(35)20-14-29-34-11-2-1-6-23(20)34/h1-6,9-15H,7-8H2,(H,32,35)(H2,28,30,31,33).